The van der Waals surface area contributed by atoms with Crippen molar-refractivity contribution < 1.29 is 4.79 Å². The van der Waals surface area contributed by atoms with Crippen molar-refractivity contribution in [1.82, 2.24) is 24.6 Å². The van der Waals surface area contributed by atoms with E-state index in [0.717, 1.165) is 50.8 Å². The summed E-state index contributed by atoms with van der Waals surface area (Å²) in [6, 6.07) is 8.48. The molecule has 1 saturated heterocycles. The highest BCUT2D eigenvalue weighted by Crippen LogP contribution is 2.18. The Morgan fingerprint density at radius 1 is 1.07 bits per heavy atom. The minimum absolute atomic E-state index is 0.189. The molecule has 9 heteroatoms. The number of piperazine rings is 1. The molecule has 1 aliphatic heterocycles. The Morgan fingerprint density at radius 3 is 2.54 bits per heavy atom. The van der Waals surface area contributed by atoms with Crippen LogP contribution in [0.25, 0.3) is 0 Å². The van der Waals surface area contributed by atoms with Gasteiger partial charge in [-0.15, -0.1) is 32.9 Å². The molecule has 0 aromatic carbocycles. The van der Waals surface area contributed by atoms with Gasteiger partial charge in [-0.25, -0.2) is 0 Å². The van der Waals surface area contributed by atoms with E-state index in [4.69, 9.17) is 0 Å². The topological polar surface area (TPSA) is 54.3 Å². The van der Waals surface area contributed by atoms with Crippen molar-refractivity contribution >= 4 is 40.3 Å². The van der Waals surface area contributed by atoms with Gasteiger partial charge < -0.3 is 9.47 Å². The van der Waals surface area contributed by atoms with Crippen molar-refractivity contribution in [2.75, 3.05) is 31.9 Å². The largest absolute Gasteiger partial charge is 0.339 e. The summed E-state index contributed by atoms with van der Waals surface area (Å²) >= 11 is 5.04. The molecule has 0 saturated carbocycles. The molecule has 0 bridgehead atoms. The lowest BCUT2D eigenvalue weighted by Gasteiger charge is -2.34. The van der Waals surface area contributed by atoms with Crippen molar-refractivity contribution in [2.24, 2.45) is 0 Å². The molecule has 1 aliphatic rings. The molecule has 4 rings (SSSR count). The smallest absolute Gasteiger partial charge is 0.233 e. The maximum Gasteiger partial charge on any atom is 0.233 e. The number of nitrogens with zero attached hydrogens (tertiary/aromatic N) is 5. The van der Waals surface area contributed by atoms with Crippen LogP contribution in [0.5, 0.6) is 0 Å². The van der Waals surface area contributed by atoms with Crippen LogP contribution in [0.2, 0.25) is 0 Å². The van der Waals surface area contributed by atoms with Gasteiger partial charge >= 0.3 is 0 Å². The molecule has 3 aromatic rings. The summed E-state index contributed by atoms with van der Waals surface area (Å²) in [6.45, 7) is 5.30. The van der Waals surface area contributed by atoms with Crippen molar-refractivity contribution in [3.8, 4) is 0 Å². The summed E-state index contributed by atoms with van der Waals surface area (Å²) in [7, 11) is 0. The third kappa shape index (κ3) is 5.22. The van der Waals surface area contributed by atoms with Gasteiger partial charge in [0.2, 0.25) is 5.91 Å². The van der Waals surface area contributed by atoms with Gasteiger partial charge in [0.05, 0.1) is 5.75 Å². The van der Waals surface area contributed by atoms with E-state index in [9.17, 15) is 4.79 Å². The minimum atomic E-state index is 0.189. The van der Waals surface area contributed by atoms with Crippen LogP contribution in [-0.2, 0) is 24.3 Å². The number of rotatable bonds is 8. The number of amides is 1. The molecule has 1 fully saturated rings. The van der Waals surface area contributed by atoms with Gasteiger partial charge in [-0.3, -0.25) is 9.69 Å². The fourth-order valence-electron chi connectivity index (χ4n) is 3.19. The van der Waals surface area contributed by atoms with Crippen LogP contribution in [0.1, 0.15) is 9.75 Å². The molecule has 148 valence electrons. The first-order chi connectivity index (χ1) is 13.8. The Morgan fingerprint density at radius 2 is 1.82 bits per heavy atom. The number of thiophene rings is 2. The van der Waals surface area contributed by atoms with Crippen LogP contribution in [0.15, 0.2) is 46.5 Å². The second-order valence-electron chi connectivity index (χ2n) is 6.66. The Labute approximate surface area is 177 Å². The van der Waals surface area contributed by atoms with Crippen LogP contribution in [0.3, 0.4) is 0 Å². The van der Waals surface area contributed by atoms with Gasteiger partial charge in [-0.05, 0) is 29.3 Å². The van der Waals surface area contributed by atoms with Crippen LogP contribution in [0.4, 0.5) is 0 Å². The van der Waals surface area contributed by atoms with Gasteiger partial charge in [-0.2, -0.15) is 0 Å². The maximum atomic E-state index is 12.6. The van der Waals surface area contributed by atoms with Crippen LogP contribution in [0, 0.1) is 0 Å². The first-order valence-electron chi connectivity index (χ1n) is 9.33. The van der Waals surface area contributed by atoms with E-state index in [-0.39, 0.29) is 5.91 Å². The normalized spacial score (nSPS) is 15.2. The van der Waals surface area contributed by atoms with Crippen molar-refractivity contribution in [3.05, 3.63) is 51.1 Å². The maximum absolute atomic E-state index is 12.6. The molecule has 6 nitrogen and oxygen atoms in total. The quantitative estimate of drug-likeness (QED) is 0.511. The van der Waals surface area contributed by atoms with E-state index in [0.29, 0.717) is 5.75 Å². The van der Waals surface area contributed by atoms with E-state index in [1.807, 2.05) is 9.47 Å². The zero-order valence-corrected chi connectivity index (χ0v) is 18.0. The highest BCUT2D eigenvalue weighted by atomic mass is 32.2. The predicted molar refractivity (Wildman–Crippen MR) is 115 cm³/mol. The van der Waals surface area contributed by atoms with Crippen LogP contribution in [-0.4, -0.2) is 62.4 Å². The standard InChI is InChI=1S/C19H23N5OS3/c25-18(23-9-7-22(8-10-23)13-17-4-2-12-27-17)14-28-19-21-20-15-24(19)6-5-16-3-1-11-26-16/h1-4,11-12,15H,5-10,13-14H2. The van der Waals surface area contributed by atoms with Gasteiger partial charge in [0, 0.05) is 49.0 Å². The average molecular weight is 434 g/mol. The summed E-state index contributed by atoms with van der Waals surface area (Å²) in [4.78, 5) is 19.7. The Bertz CT molecular complexity index is 854. The number of hydrogen-bond acceptors (Lipinski definition) is 7. The first-order valence-corrected chi connectivity index (χ1v) is 12.1. The molecule has 3 aromatic heterocycles. The van der Waals surface area contributed by atoms with E-state index in [1.165, 1.54) is 21.5 Å². The van der Waals surface area contributed by atoms with Crippen molar-refractivity contribution in [1.29, 1.82) is 0 Å². The van der Waals surface area contributed by atoms with E-state index < -0.39 is 0 Å². The third-order valence-electron chi connectivity index (χ3n) is 4.77. The molecule has 0 aliphatic carbocycles. The third-order valence-corrected chi connectivity index (χ3v) is 7.53. The monoisotopic (exact) mass is 433 g/mol. The molecule has 0 spiro atoms. The predicted octanol–water partition coefficient (Wildman–Crippen LogP) is 3.08. The Balaban J connectivity index is 1.21. The molecule has 0 atom stereocenters. The zero-order valence-electron chi connectivity index (χ0n) is 15.6. The van der Waals surface area contributed by atoms with Crippen LogP contribution < -0.4 is 0 Å². The average Bonchev–Trinajstić information content (AvgIpc) is 3.48. The van der Waals surface area contributed by atoms with Gasteiger partial charge in [0.25, 0.3) is 0 Å². The molecular weight excluding hydrogens is 410 g/mol. The molecular formula is C19H23N5OS3. The highest BCUT2D eigenvalue weighted by molar-refractivity contribution is 7.99. The number of carbonyl (C=O) groups excluding carboxylic acids is 1. The van der Waals surface area contributed by atoms with E-state index in [1.54, 1.807) is 29.0 Å². The molecule has 1 amide bonds. The SMILES string of the molecule is O=C(CSc1nncn1CCc1cccs1)N1CCN(Cc2cccs2)CC1. The lowest BCUT2D eigenvalue weighted by molar-refractivity contribution is -0.130. The zero-order chi connectivity index (χ0) is 19.2. The molecule has 4 heterocycles. The second kappa shape index (κ2) is 9.69. The molecule has 0 radical (unpaired) electrons. The number of aryl methyl sites for hydroxylation is 2. The summed E-state index contributed by atoms with van der Waals surface area (Å²) in [6.07, 6.45) is 2.72. The fraction of sp³-hybridized carbons (Fsp3) is 0.421. The minimum Gasteiger partial charge on any atom is -0.339 e. The lowest BCUT2D eigenvalue weighted by atomic mass is 10.3. The molecule has 28 heavy (non-hydrogen) atoms. The number of hydrogen-bond donors (Lipinski definition) is 0. The van der Waals surface area contributed by atoms with Gasteiger partial charge in [-0.1, -0.05) is 23.9 Å². The summed E-state index contributed by atoms with van der Waals surface area (Å²) in [5.74, 6) is 0.608. The van der Waals surface area contributed by atoms with Crippen molar-refractivity contribution in [3.63, 3.8) is 0 Å². The Kier molecular flexibility index (Phi) is 6.79. The number of carbonyl (C=O) groups is 1. The first kappa shape index (κ1) is 19.6. The Hall–Kier alpha value is -1.68. The number of aromatic nitrogens is 3. The lowest BCUT2D eigenvalue weighted by Crippen LogP contribution is -2.48. The van der Waals surface area contributed by atoms with Crippen LogP contribution >= 0.6 is 34.4 Å². The molecule has 0 unspecified atom stereocenters. The summed E-state index contributed by atoms with van der Waals surface area (Å²) in [5, 5.41) is 13.2. The van der Waals surface area contributed by atoms with Gasteiger partial charge in [0.15, 0.2) is 5.16 Å². The fourth-order valence-corrected chi connectivity index (χ4v) is 5.48. The highest BCUT2D eigenvalue weighted by Gasteiger charge is 2.22. The van der Waals surface area contributed by atoms with Crippen molar-refractivity contribution in [2.45, 2.75) is 24.7 Å². The van der Waals surface area contributed by atoms with Gasteiger partial charge in [0.1, 0.15) is 6.33 Å². The summed E-state index contributed by atoms with van der Waals surface area (Å²) < 4.78 is 2.04. The number of thioether (sulfide) groups is 1. The molecule has 0 N–H and O–H groups in total. The van der Waals surface area contributed by atoms with E-state index >= 15 is 0 Å². The summed E-state index contributed by atoms with van der Waals surface area (Å²) in [5.41, 5.74) is 0. The second-order valence-corrected chi connectivity index (χ2v) is 9.67. The van der Waals surface area contributed by atoms with E-state index in [2.05, 4.69) is 50.1 Å².